The van der Waals surface area contributed by atoms with Crippen LogP contribution in [0.2, 0.25) is 0 Å². The molecular weight excluding hydrogens is 180 g/mol. The van der Waals surface area contributed by atoms with Crippen LogP contribution in [-0.4, -0.2) is 43.7 Å². The van der Waals surface area contributed by atoms with Gasteiger partial charge in [-0.05, 0) is 27.1 Å². The lowest BCUT2D eigenvalue weighted by Crippen LogP contribution is -2.26. The number of ketones is 2. The van der Waals surface area contributed by atoms with Gasteiger partial charge in [0.2, 0.25) is 11.6 Å². The third-order valence-electron chi connectivity index (χ3n) is 1.71. The second kappa shape index (κ2) is 6.32. The molecule has 0 unspecified atom stereocenters. The van der Waals surface area contributed by atoms with Gasteiger partial charge in [-0.2, -0.15) is 0 Å². The van der Waals surface area contributed by atoms with Gasteiger partial charge >= 0.3 is 0 Å². The second-order valence-electron chi connectivity index (χ2n) is 3.45. The van der Waals surface area contributed by atoms with Crippen molar-refractivity contribution >= 4 is 11.6 Å². The van der Waals surface area contributed by atoms with Crippen molar-refractivity contribution in [3.05, 3.63) is 12.3 Å². The largest absolute Gasteiger partial charge is 0.382 e. The summed E-state index contributed by atoms with van der Waals surface area (Å²) in [5, 5.41) is 2.83. The first-order valence-electron chi connectivity index (χ1n) is 4.58. The molecule has 80 valence electrons. The molecule has 0 fully saturated rings. The Morgan fingerprint density at radius 2 is 1.93 bits per heavy atom. The Hall–Kier alpha value is -1.16. The monoisotopic (exact) mass is 198 g/mol. The summed E-state index contributed by atoms with van der Waals surface area (Å²) in [5.41, 5.74) is 0.191. The van der Waals surface area contributed by atoms with Crippen LogP contribution in [0.4, 0.5) is 0 Å². The predicted octanol–water partition coefficient (Wildman–Crippen LogP) is 0.199. The molecule has 0 rings (SSSR count). The minimum atomic E-state index is -0.533. The zero-order valence-electron chi connectivity index (χ0n) is 9.09. The molecule has 0 aliphatic heterocycles. The van der Waals surface area contributed by atoms with E-state index >= 15 is 0 Å². The molecule has 0 aromatic carbocycles. The van der Waals surface area contributed by atoms with Crippen molar-refractivity contribution in [1.82, 2.24) is 10.2 Å². The minimum absolute atomic E-state index is 0.191. The van der Waals surface area contributed by atoms with E-state index in [0.29, 0.717) is 6.54 Å². The Morgan fingerprint density at radius 1 is 1.36 bits per heavy atom. The SMILES string of the molecule is C=C(NCCCN(C)C)C(=O)C(C)=O. The van der Waals surface area contributed by atoms with Crippen LogP contribution in [0, 0.1) is 0 Å². The summed E-state index contributed by atoms with van der Waals surface area (Å²) in [6.45, 7) is 6.34. The third kappa shape index (κ3) is 5.48. The minimum Gasteiger partial charge on any atom is -0.382 e. The van der Waals surface area contributed by atoms with Crippen molar-refractivity contribution in [3.63, 3.8) is 0 Å². The molecule has 4 nitrogen and oxygen atoms in total. The van der Waals surface area contributed by atoms with Crippen molar-refractivity contribution in [2.75, 3.05) is 27.2 Å². The zero-order chi connectivity index (χ0) is 11.1. The maximum Gasteiger partial charge on any atom is 0.243 e. The molecule has 0 bridgehead atoms. The fourth-order valence-corrected chi connectivity index (χ4v) is 0.927. The molecule has 0 atom stereocenters. The van der Waals surface area contributed by atoms with Gasteiger partial charge in [0.1, 0.15) is 0 Å². The highest BCUT2D eigenvalue weighted by molar-refractivity contribution is 6.42. The molecule has 0 amide bonds. The fourth-order valence-electron chi connectivity index (χ4n) is 0.927. The van der Waals surface area contributed by atoms with Crippen molar-refractivity contribution in [3.8, 4) is 0 Å². The van der Waals surface area contributed by atoms with Gasteiger partial charge in [0, 0.05) is 13.5 Å². The van der Waals surface area contributed by atoms with Gasteiger partial charge in [0.25, 0.3) is 0 Å². The van der Waals surface area contributed by atoms with E-state index in [4.69, 9.17) is 0 Å². The number of hydrogen-bond donors (Lipinski definition) is 1. The predicted molar refractivity (Wildman–Crippen MR) is 56.0 cm³/mol. The van der Waals surface area contributed by atoms with Crippen molar-refractivity contribution < 1.29 is 9.59 Å². The van der Waals surface area contributed by atoms with Crippen molar-refractivity contribution in [2.45, 2.75) is 13.3 Å². The van der Waals surface area contributed by atoms with Gasteiger partial charge in [-0.1, -0.05) is 6.58 Å². The second-order valence-corrected chi connectivity index (χ2v) is 3.45. The van der Waals surface area contributed by atoms with E-state index in [1.165, 1.54) is 6.92 Å². The van der Waals surface area contributed by atoms with E-state index in [-0.39, 0.29) is 5.70 Å². The van der Waals surface area contributed by atoms with Crippen molar-refractivity contribution in [1.29, 1.82) is 0 Å². The first kappa shape index (κ1) is 12.8. The highest BCUT2D eigenvalue weighted by Gasteiger charge is 2.10. The van der Waals surface area contributed by atoms with Crippen LogP contribution in [0.25, 0.3) is 0 Å². The van der Waals surface area contributed by atoms with Crippen molar-refractivity contribution in [2.24, 2.45) is 0 Å². The van der Waals surface area contributed by atoms with E-state index in [1.807, 2.05) is 14.1 Å². The average Bonchev–Trinajstić information content (AvgIpc) is 2.10. The average molecular weight is 198 g/mol. The number of rotatable bonds is 7. The quantitative estimate of drug-likeness (QED) is 0.361. The first-order chi connectivity index (χ1) is 6.45. The molecule has 0 aromatic heterocycles. The fraction of sp³-hybridized carbons (Fsp3) is 0.600. The van der Waals surface area contributed by atoms with Gasteiger partial charge in [-0.25, -0.2) is 0 Å². The number of Topliss-reactive ketones (excluding diaryl/α,β-unsaturated/α-hetero) is 2. The Kier molecular flexibility index (Phi) is 5.79. The molecule has 0 heterocycles. The van der Waals surface area contributed by atoms with Crippen LogP contribution in [-0.2, 0) is 9.59 Å². The summed E-state index contributed by atoms with van der Waals surface area (Å²) in [7, 11) is 3.96. The smallest absolute Gasteiger partial charge is 0.243 e. The maximum absolute atomic E-state index is 11.0. The Balaban J connectivity index is 3.65. The number of carbonyl (C=O) groups excluding carboxylic acids is 2. The summed E-state index contributed by atoms with van der Waals surface area (Å²) in [6.07, 6.45) is 0.914. The molecule has 4 heteroatoms. The van der Waals surface area contributed by atoms with Gasteiger partial charge < -0.3 is 10.2 Å². The first-order valence-corrected chi connectivity index (χ1v) is 4.58. The molecule has 0 saturated heterocycles. The molecular formula is C10H18N2O2. The zero-order valence-corrected chi connectivity index (χ0v) is 9.09. The van der Waals surface area contributed by atoms with E-state index in [1.54, 1.807) is 0 Å². The lowest BCUT2D eigenvalue weighted by molar-refractivity contribution is -0.133. The molecule has 0 saturated carbocycles. The Morgan fingerprint density at radius 3 is 2.36 bits per heavy atom. The summed E-state index contributed by atoms with van der Waals surface area (Å²) >= 11 is 0. The third-order valence-corrected chi connectivity index (χ3v) is 1.71. The van der Waals surface area contributed by atoms with E-state index < -0.39 is 11.6 Å². The number of allylic oxidation sites excluding steroid dienone is 1. The number of hydrogen-bond acceptors (Lipinski definition) is 4. The summed E-state index contributed by atoms with van der Waals surface area (Å²) in [5.74, 6) is -1.01. The Labute approximate surface area is 85.0 Å². The molecule has 0 aromatic rings. The maximum atomic E-state index is 11.0. The van der Waals surface area contributed by atoms with Gasteiger partial charge in [-0.3, -0.25) is 9.59 Å². The normalized spacial score (nSPS) is 10.0. The van der Waals surface area contributed by atoms with Crippen LogP contribution >= 0.6 is 0 Å². The standard InChI is InChI=1S/C10H18N2O2/c1-8(10(14)9(2)13)11-6-5-7-12(3)4/h11H,1,5-7H2,2-4H3. The number of nitrogens with zero attached hydrogens (tertiary/aromatic N) is 1. The van der Waals surface area contributed by atoms with Crippen LogP contribution in [0.5, 0.6) is 0 Å². The summed E-state index contributed by atoms with van der Waals surface area (Å²) in [6, 6.07) is 0. The lowest BCUT2D eigenvalue weighted by Gasteiger charge is -2.10. The van der Waals surface area contributed by atoms with Gasteiger partial charge in [-0.15, -0.1) is 0 Å². The molecule has 0 spiro atoms. The van der Waals surface area contributed by atoms with Gasteiger partial charge in [0.15, 0.2) is 0 Å². The molecule has 0 radical (unpaired) electrons. The summed E-state index contributed by atoms with van der Waals surface area (Å²) in [4.78, 5) is 23.8. The van der Waals surface area contributed by atoms with Gasteiger partial charge in [0.05, 0.1) is 5.70 Å². The van der Waals surface area contributed by atoms with E-state index in [9.17, 15) is 9.59 Å². The topological polar surface area (TPSA) is 49.4 Å². The molecule has 1 N–H and O–H groups in total. The Bertz CT molecular complexity index is 234. The molecule has 0 aliphatic carbocycles. The van der Waals surface area contributed by atoms with E-state index in [0.717, 1.165) is 13.0 Å². The van der Waals surface area contributed by atoms with Crippen LogP contribution in [0.3, 0.4) is 0 Å². The molecule has 14 heavy (non-hydrogen) atoms. The van der Waals surface area contributed by atoms with Crippen LogP contribution in [0.1, 0.15) is 13.3 Å². The highest BCUT2D eigenvalue weighted by Crippen LogP contribution is 1.90. The number of nitrogens with one attached hydrogen (secondary N) is 1. The molecule has 0 aliphatic rings. The number of carbonyl (C=O) groups is 2. The van der Waals surface area contributed by atoms with Crippen LogP contribution in [0.15, 0.2) is 12.3 Å². The van der Waals surface area contributed by atoms with E-state index in [2.05, 4.69) is 16.8 Å². The highest BCUT2D eigenvalue weighted by atomic mass is 16.2. The lowest BCUT2D eigenvalue weighted by atomic mass is 10.2. The summed E-state index contributed by atoms with van der Waals surface area (Å²) < 4.78 is 0. The van der Waals surface area contributed by atoms with Crippen LogP contribution < -0.4 is 5.32 Å².